The SMILES string of the molecule is Cn1cc(-n2ccnc2C2(C)CCN(C(=O)OC(C)(C)C)CC2)cn1. The second-order valence-electron chi connectivity index (χ2n) is 8.02. The van der Waals surface area contributed by atoms with Crippen LogP contribution in [0, 0.1) is 0 Å². The van der Waals surface area contributed by atoms with Gasteiger partial charge in [-0.2, -0.15) is 5.10 Å². The van der Waals surface area contributed by atoms with E-state index in [4.69, 9.17) is 4.74 Å². The van der Waals surface area contributed by atoms with Crippen molar-refractivity contribution in [3.63, 3.8) is 0 Å². The molecule has 1 aliphatic rings. The maximum atomic E-state index is 12.3. The molecule has 3 rings (SSSR count). The largest absolute Gasteiger partial charge is 0.444 e. The number of aromatic nitrogens is 4. The van der Waals surface area contributed by atoms with Crippen molar-refractivity contribution in [2.45, 2.75) is 51.6 Å². The fourth-order valence-corrected chi connectivity index (χ4v) is 3.22. The van der Waals surface area contributed by atoms with Gasteiger partial charge in [0.2, 0.25) is 0 Å². The molecule has 2 aromatic rings. The molecule has 0 spiro atoms. The number of ether oxygens (including phenoxy) is 1. The molecule has 7 heteroatoms. The standard InChI is InChI=1S/C18H27N5O2/c1-17(2,3)25-16(24)22-9-6-18(4,7-10-22)15-19-8-11-23(15)14-12-20-21(5)13-14/h8,11-13H,6-7,9-10H2,1-5H3. The van der Waals surface area contributed by atoms with E-state index in [-0.39, 0.29) is 11.5 Å². The molecule has 0 unspecified atom stereocenters. The van der Waals surface area contributed by atoms with Crippen molar-refractivity contribution in [3.8, 4) is 5.69 Å². The number of nitrogens with zero attached hydrogens (tertiary/aromatic N) is 5. The van der Waals surface area contributed by atoms with Crippen LogP contribution in [0.1, 0.15) is 46.4 Å². The zero-order chi connectivity index (χ0) is 18.2. The number of aryl methyl sites for hydroxylation is 1. The number of carbonyl (C=O) groups is 1. The molecular weight excluding hydrogens is 318 g/mol. The number of rotatable bonds is 2. The zero-order valence-corrected chi connectivity index (χ0v) is 15.7. The topological polar surface area (TPSA) is 65.2 Å². The number of carbonyl (C=O) groups excluding carboxylic acids is 1. The van der Waals surface area contributed by atoms with E-state index >= 15 is 0 Å². The molecule has 0 saturated carbocycles. The first-order valence-electron chi connectivity index (χ1n) is 8.69. The molecule has 25 heavy (non-hydrogen) atoms. The van der Waals surface area contributed by atoms with Crippen LogP contribution in [0.3, 0.4) is 0 Å². The lowest BCUT2D eigenvalue weighted by molar-refractivity contribution is 0.0167. The third-order valence-corrected chi connectivity index (χ3v) is 4.67. The number of imidazole rings is 1. The van der Waals surface area contributed by atoms with Crippen molar-refractivity contribution in [3.05, 3.63) is 30.6 Å². The highest BCUT2D eigenvalue weighted by Crippen LogP contribution is 2.35. The molecule has 0 aromatic carbocycles. The van der Waals surface area contributed by atoms with Crippen molar-refractivity contribution in [2.75, 3.05) is 13.1 Å². The first-order chi connectivity index (χ1) is 11.7. The Morgan fingerprint density at radius 2 is 1.96 bits per heavy atom. The molecule has 0 N–H and O–H groups in total. The predicted octanol–water partition coefficient (Wildman–Crippen LogP) is 2.89. The van der Waals surface area contributed by atoms with Gasteiger partial charge in [0.1, 0.15) is 11.4 Å². The Balaban J connectivity index is 1.74. The Bertz CT molecular complexity index is 748. The van der Waals surface area contributed by atoms with Gasteiger partial charge in [-0.15, -0.1) is 0 Å². The van der Waals surface area contributed by atoms with E-state index in [1.165, 1.54) is 0 Å². The van der Waals surface area contributed by atoms with Crippen LogP contribution in [0.4, 0.5) is 4.79 Å². The second kappa shape index (κ2) is 6.20. The number of hydrogen-bond donors (Lipinski definition) is 0. The van der Waals surface area contributed by atoms with E-state index in [0.717, 1.165) is 24.4 Å². The highest BCUT2D eigenvalue weighted by Gasteiger charge is 2.38. The minimum absolute atomic E-state index is 0.0855. The maximum Gasteiger partial charge on any atom is 0.410 e. The van der Waals surface area contributed by atoms with Gasteiger partial charge >= 0.3 is 6.09 Å². The van der Waals surface area contributed by atoms with Crippen LogP contribution < -0.4 is 0 Å². The van der Waals surface area contributed by atoms with Gasteiger partial charge in [0, 0.05) is 44.1 Å². The van der Waals surface area contributed by atoms with Crippen LogP contribution in [0.2, 0.25) is 0 Å². The van der Waals surface area contributed by atoms with Gasteiger partial charge < -0.3 is 14.2 Å². The number of likely N-dealkylation sites (tertiary alicyclic amines) is 1. The predicted molar refractivity (Wildman–Crippen MR) is 94.7 cm³/mol. The minimum atomic E-state index is -0.464. The molecule has 7 nitrogen and oxygen atoms in total. The Morgan fingerprint density at radius 3 is 2.52 bits per heavy atom. The lowest BCUT2D eigenvalue weighted by Crippen LogP contribution is -2.46. The summed E-state index contributed by atoms with van der Waals surface area (Å²) in [5.41, 5.74) is 0.456. The van der Waals surface area contributed by atoms with E-state index in [0.29, 0.717) is 13.1 Å². The molecular formula is C18H27N5O2. The summed E-state index contributed by atoms with van der Waals surface area (Å²) in [6, 6.07) is 0. The first-order valence-corrected chi connectivity index (χ1v) is 8.69. The summed E-state index contributed by atoms with van der Waals surface area (Å²) in [4.78, 5) is 18.7. The molecule has 136 valence electrons. The summed E-state index contributed by atoms with van der Waals surface area (Å²) in [5.74, 6) is 1.02. The average molecular weight is 345 g/mol. The summed E-state index contributed by atoms with van der Waals surface area (Å²) >= 11 is 0. The average Bonchev–Trinajstić information content (AvgIpc) is 3.14. The van der Waals surface area contributed by atoms with Gasteiger partial charge in [0.15, 0.2) is 0 Å². The summed E-state index contributed by atoms with van der Waals surface area (Å²) in [5, 5.41) is 4.25. The van der Waals surface area contributed by atoms with Gasteiger partial charge in [-0.3, -0.25) is 4.68 Å². The van der Waals surface area contributed by atoms with E-state index in [9.17, 15) is 4.79 Å². The highest BCUT2D eigenvalue weighted by molar-refractivity contribution is 5.68. The van der Waals surface area contributed by atoms with Gasteiger partial charge in [-0.25, -0.2) is 9.78 Å². The molecule has 1 saturated heterocycles. The van der Waals surface area contributed by atoms with E-state index in [1.54, 1.807) is 9.58 Å². The van der Waals surface area contributed by atoms with Crippen LogP contribution in [0.15, 0.2) is 24.8 Å². The van der Waals surface area contributed by atoms with Crippen LogP contribution in [-0.4, -0.2) is 49.0 Å². The third-order valence-electron chi connectivity index (χ3n) is 4.67. The van der Waals surface area contributed by atoms with E-state index in [2.05, 4.69) is 21.6 Å². The van der Waals surface area contributed by atoms with Crippen LogP contribution in [0.5, 0.6) is 0 Å². The quantitative estimate of drug-likeness (QED) is 0.839. The van der Waals surface area contributed by atoms with Crippen LogP contribution in [-0.2, 0) is 17.2 Å². The Hall–Kier alpha value is -2.31. The lowest BCUT2D eigenvalue weighted by Gasteiger charge is -2.39. The van der Waals surface area contributed by atoms with Gasteiger partial charge in [-0.1, -0.05) is 6.92 Å². The highest BCUT2D eigenvalue weighted by atomic mass is 16.6. The summed E-state index contributed by atoms with van der Waals surface area (Å²) < 4.78 is 9.36. The molecule has 0 bridgehead atoms. The van der Waals surface area contributed by atoms with Crippen LogP contribution in [0.25, 0.3) is 5.69 Å². The molecule has 1 amide bonds. The van der Waals surface area contributed by atoms with Gasteiger partial charge in [0.25, 0.3) is 0 Å². The Labute approximate surface area is 148 Å². The second-order valence-corrected chi connectivity index (χ2v) is 8.02. The van der Waals surface area contributed by atoms with Crippen molar-refractivity contribution in [1.29, 1.82) is 0 Å². The van der Waals surface area contributed by atoms with Crippen molar-refractivity contribution in [2.24, 2.45) is 7.05 Å². The lowest BCUT2D eigenvalue weighted by atomic mass is 9.79. The normalized spacial score (nSPS) is 17.6. The molecule has 1 fully saturated rings. The number of amides is 1. The van der Waals surface area contributed by atoms with Crippen molar-refractivity contribution < 1.29 is 9.53 Å². The summed E-state index contributed by atoms with van der Waals surface area (Å²) in [7, 11) is 1.90. The minimum Gasteiger partial charge on any atom is -0.444 e. The van der Waals surface area contributed by atoms with Crippen molar-refractivity contribution >= 4 is 6.09 Å². The third kappa shape index (κ3) is 3.70. The molecule has 1 aliphatic heterocycles. The smallest absolute Gasteiger partial charge is 0.410 e. The van der Waals surface area contributed by atoms with E-state index < -0.39 is 5.60 Å². The Kier molecular flexibility index (Phi) is 4.34. The fourth-order valence-electron chi connectivity index (χ4n) is 3.22. The van der Waals surface area contributed by atoms with E-state index in [1.807, 2.05) is 52.6 Å². The summed E-state index contributed by atoms with van der Waals surface area (Å²) in [6.07, 6.45) is 9.08. The molecule has 2 aromatic heterocycles. The maximum absolute atomic E-state index is 12.3. The van der Waals surface area contributed by atoms with Gasteiger partial charge in [0.05, 0.1) is 11.9 Å². The zero-order valence-electron chi connectivity index (χ0n) is 15.7. The monoisotopic (exact) mass is 345 g/mol. The molecule has 0 radical (unpaired) electrons. The van der Waals surface area contributed by atoms with Crippen LogP contribution >= 0.6 is 0 Å². The van der Waals surface area contributed by atoms with Gasteiger partial charge in [-0.05, 0) is 33.6 Å². The number of hydrogen-bond acceptors (Lipinski definition) is 4. The molecule has 3 heterocycles. The fraction of sp³-hybridized carbons (Fsp3) is 0.611. The summed E-state index contributed by atoms with van der Waals surface area (Å²) in [6.45, 7) is 9.24. The Morgan fingerprint density at radius 1 is 1.28 bits per heavy atom. The van der Waals surface area contributed by atoms with Crippen molar-refractivity contribution in [1.82, 2.24) is 24.2 Å². The molecule has 0 aliphatic carbocycles. The first kappa shape index (κ1) is 17.5. The number of piperidine rings is 1. The molecule has 0 atom stereocenters.